The van der Waals surface area contributed by atoms with Crippen LogP contribution >= 0.6 is 0 Å². The van der Waals surface area contributed by atoms with Crippen molar-refractivity contribution in [3.05, 3.63) is 77.6 Å². The molecule has 0 saturated carbocycles. The van der Waals surface area contributed by atoms with E-state index in [-0.39, 0.29) is 6.04 Å². The third-order valence-corrected chi connectivity index (χ3v) is 4.38. The highest BCUT2D eigenvalue weighted by atomic mass is 16.5. The van der Waals surface area contributed by atoms with Crippen LogP contribution in [0.25, 0.3) is 0 Å². The Morgan fingerprint density at radius 1 is 0.963 bits per heavy atom. The number of rotatable bonds is 8. The second kappa shape index (κ2) is 9.03. The molecule has 1 unspecified atom stereocenters. The van der Waals surface area contributed by atoms with Gasteiger partial charge in [-0.2, -0.15) is 0 Å². The average molecular weight is 362 g/mol. The van der Waals surface area contributed by atoms with E-state index in [1.54, 1.807) is 7.11 Å². The molecule has 0 aliphatic heterocycles. The third-order valence-electron chi connectivity index (χ3n) is 4.38. The molecule has 2 aromatic carbocycles. The molecule has 1 heterocycles. The van der Waals surface area contributed by atoms with Crippen molar-refractivity contribution < 1.29 is 4.74 Å². The van der Waals surface area contributed by atoms with Crippen LogP contribution in [-0.4, -0.2) is 23.6 Å². The zero-order valence-corrected chi connectivity index (χ0v) is 16.1. The molecule has 0 aliphatic rings. The standard InChI is InChI=1S/C22H26N4O/c1-16(19-7-5-4-6-8-19)24-22-15-21(25-17(2)26-22)23-14-13-18-9-11-20(27-3)12-10-18/h4-12,15-16H,13-14H2,1-3H3,(H2,23,24,25,26). The van der Waals surface area contributed by atoms with Crippen LogP contribution in [0.1, 0.15) is 29.9 Å². The van der Waals surface area contributed by atoms with Crippen LogP contribution in [0.4, 0.5) is 11.6 Å². The van der Waals surface area contributed by atoms with Gasteiger partial charge in [0.15, 0.2) is 0 Å². The fraction of sp³-hybridized carbons (Fsp3) is 0.273. The van der Waals surface area contributed by atoms with Crippen LogP contribution in [0.15, 0.2) is 60.7 Å². The fourth-order valence-electron chi connectivity index (χ4n) is 2.91. The number of nitrogens with one attached hydrogen (secondary N) is 2. The summed E-state index contributed by atoms with van der Waals surface area (Å²) in [5.41, 5.74) is 2.48. The Bertz CT molecular complexity index is 850. The minimum atomic E-state index is 0.174. The zero-order chi connectivity index (χ0) is 19.1. The summed E-state index contributed by atoms with van der Waals surface area (Å²) in [6.45, 7) is 4.84. The smallest absolute Gasteiger partial charge is 0.132 e. The molecular weight excluding hydrogens is 336 g/mol. The number of nitrogens with zero attached hydrogens (tertiary/aromatic N) is 2. The Morgan fingerprint density at radius 3 is 2.37 bits per heavy atom. The molecule has 0 saturated heterocycles. The molecule has 5 heteroatoms. The van der Waals surface area contributed by atoms with Crippen molar-refractivity contribution in [3.63, 3.8) is 0 Å². The molecule has 0 fully saturated rings. The van der Waals surface area contributed by atoms with E-state index >= 15 is 0 Å². The van der Waals surface area contributed by atoms with Crippen molar-refractivity contribution in [2.24, 2.45) is 0 Å². The highest BCUT2D eigenvalue weighted by Gasteiger charge is 2.08. The van der Waals surface area contributed by atoms with Crippen LogP contribution in [0.3, 0.4) is 0 Å². The molecule has 1 atom stereocenters. The molecule has 140 valence electrons. The fourth-order valence-corrected chi connectivity index (χ4v) is 2.91. The number of ether oxygens (including phenoxy) is 1. The number of anilines is 2. The largest absolute Gasteiger partial charge is 0.497 e. The molecule has 0 amide bonds. The topological polar surface area (TPSA) is 59.1 Å². The molecule has 0 spiro atoms. The minimum absolute atomic E-state index is 0.174. The lowest BCUT2D eigenvalue weighted by Gasteiger charge is -2.16. The van der Waals surface area contributed by atoms with Gasteiger partial charge in [-0.05, 0) is 43.5 Å². The van der Waals surface area contributed by atoms with Crippen LogP contribution in [-0.2, 0) is 6.42 Å². The molecule has 0 radical (unpaired) electrons. The van der Waals surface area contributed by atoms with Crippen molar-refractivity contribution in [2.75, 3.05) is 24.3 Å². The van der Waals surface area contributed by atoms with Gasteiger partial charge in [0.1, 0.15) is 23.2 Å². The van der Waals surface area contributed by atoms with E-state index < -0.39 is 0 Å². The number of hydrogen-bond donors (Lipinski definition) is 2. The maximum absolute atomic E-state index is 5.19. The highest BCUT2D eigenvalue weighted by Crippen LogP contribution is 2.19. The van der Waals surface area contributed by atoms with Gasteiger partial charge in [-0.1, -0.05) is 42.5 Å². The van der Waals surface area contributed by atoms with Crippen molar-refractivity contribution >= 4 is 11.6 Å². The summed E-state index contributed by atoms with van der Waals surface area (Å²) in [6, 6.07) is 20.6. The Labute approximate surface area is 160 Å². The van der Waals surface area contributed by atoms with Crippen molar-refractivity contribution in [3.8, 4) is 5.75 Å². The first-order valence-corrected chi connectivity index (χ1v) is 9.18. The molecule has 3 rings (SSSR count). The Balaban J connectivity index is 1.59. The van der Waals surface area contributed by atoms with E-state index in [0.717, 1.165) is 36.2 Å². The van der Waals surface area contributed by atoms with Crippen molar-refractivity contribution in [2.45, 2.75) is 26.3 Å². The number of aryl methyl sites for hydroxylation is 1. The van der Waals surface area contributed by atoms with Crippen LogP contribution in [0.2, 0.25) is 0 Å². The van der Waals surface area contributed by atoms with E-state index in [1.807, 2.05) is 43.3 Å². The molecule has 1 aromatic heterocycles. The Hall–Kier alpha value is -3.08. The molecule has 0 bridgehead atoms. The second-order valence-electron chi connectivity index (χ2n) is 6.49. The molecule has 5 nitrogen and oxygen atoms in total. The minimum Gasteiger partial charge on any atom is -0.497 e. The Kier molecular flexibility index (Phi) is 6.26. The monoisotopic (exact) mass is 362 g/mol. The SMILES string of the molecule is COc1ccc(CCNc2cc(NC(C)c3ccccc3)nc(C)n2)cc1. The molecular formula is C22H26N4O. The normalized spacial score (nSPS) is 11.7. The second-order valence-corrected chi connectivity index (χ2v) is 6.49. The summed E-state index contributed by atoms with van der Waals surface area (Å²) >= 11 is 0. The summed E-state index contributed by atoms with van der Waals surface area (Å²) in [5, 5.41) is 6.85. The summed E-state index contributed by atoms with van der Waals surface area (Å²) in [5.74, 6) is 3.28. The maximum atomic E-state index is 5.19. The lowest BCUT2D eigenvalue weighted by atomic mass is 10.1. The number of hydrogen-bond acceptors (Lipinski definition) is 5. The van der Waals surface area contributed by atoms with Gasteiger partial charge < -0.3 is 15.4 Å². The quantitative estimate of drug-likeness (QED) is 0.612. The predicted octanol–water partition coefficient (Wildman–Crippen LogP) is 4.62. The lowest BCUT2D eigenvalue weighted by Crippen LogP contribution is -2.11. The summed E-state index contributed by atoms with van der Waals surface area (Å²) in [4.78, 5) is 9.00. The first kappa shape index (κ1) is 18.7. The van der Waals surface area contributed by atoms with Crippen LogP contribution in [0.5, 0.6) is 5.75 Å². The molecule has 27 heavy (non-hydrogen) atoms. The lowest BCUT2D eigenvalue weighted by molar-refractivity contribution is 0.414. The average Bonchev–Trinajstić information content (AvgIpc) is 2.69. The predicted molar refractivity (Wildman–Crippen MR) is 110 cm³/mol. The maximum Gasteiger partial charge on any atom is 0.132 e. The molecule has 0 aliphatic carbocycles. The zero-order valence-electron chi connectivity index (χ0n) is 16.1. The van der Waals surface area contributed by atoms with Gasteiger partial charge in [-0.15, -0.1) is 0 Å². The van der Waals surface area contributed by atoms with E-state index in [2.05, 4.69) is 51.8 Å². The molecule has 2 N–H and O–H groups in total. The first-order chi connectivity index (χ1) is 13.1. The number of benzene rings is 2. The van der Waals surface area contributed by atoms with Crippen LogP contribution < -0.4 is 15.4 Å². The van der Waals surface area contributed by atoms with E-state index in [1.165, 1.54) is 11.1 Å². The van der Waals surface area contributed by atoms with Gasteiger partial charge in [0.05, 0.1) is 7.11 Å². The van der Waals surface area contributed by atoms with E-state index in [0.29, 0.717) is 0 Å². The summed E-state index contributed by atoms with van der Waals surface area (Å²) in [6.07, 6.45) is 0.913. The molecule has 3 aromatic rings. The van der Waals surface area contributed by atoms with Gasteiger partial charge >= 0.3 is 0 Å². The van der Waals surface area contributed by atoms with Gasteiger partial charge in [0.2, 0.25) is 0 Å². The first-order valence-electron chi connectivity index (χ1n) is 9.18. The number of methoxy groups -OCH3 is 1. The van der Waals surface area contributed by atoms with Crippen molar-refractivity contribution in [1.82, 2.24) is 9.97 Å². The van der Waals surface area contributed by atoms with Crippen LogP contribution in [0, 0.1) is 6.92 Å². The van der Waals surface area contributed by atoms with Gasteiger partial charge in [0.25, 0.3) is 0 Å². The third kappa shape index (κ3) is 5.45. The summed E-state index contributed by atoms with van der Waals surface area (Å²) in [7, 11) is 1.68. The summed E-state index contributed by atoms with van der Waals surface area (Å²) < 4.78 is 5.19. The van der Waals surface area contributed by atoms with Crippen molar-refractivity contribution in [1.29, 1.82) is 0 Å². The van der Waals surface area contributed by atoms with Gasteiger partial charge in [-0.3, -0.25) is 0 Å². The Morgan fingerprint density at radius 2 is 1.67 bits per heavy atom. The van der Waals surface area contributed by atoms with Gasteiger partial charge in [0, 0.05) is 18.7 Å². The van der Waals surface area contributed by atoms with E-state index in [4.69, 9.17) is 4.74 Å². The van der Waals surface area contributed by atoms with Gasteiger partial charge in [-0.25, -0.2) is 9.97 Å². The van der Waals surface area contributed by atoms with E-state index in [9.17, 15) is 0 Å². The highest BCUT2D eigenvalue weighted by molar-refractivity contribution is 5.49. The number of aromatic nitrogens is 2.